The molecule has 0 bridgehead atoms. The molecule has 2 heterocycles. The van der Waals surface area contributed by atoms with E-state index in [0.29, 0.717) is 19.0 Å². The summed E-state index contributed by atoms with van der Waals surface area (Å²) in [6, 6.07) is 10.1. The predicted molar refractivity (Wildman–Crippen MR) is 139 cm³/mol. The van der Waals surface area contributed by atoms with Crippen molar-refractivity contribution in [1.29, 1.82) is 0 Å². The van der Waals surface area contributed by atoms with E-state index in [1.807, 2.05) is 24.3 Å². The number of nitrogens with one attached hydrogen (secondary N) is 2. The molecule has 1 atom stereocenters. The van der Waals surface area contributed by atoms with E-state index >= 15 is 0 Å². The maximum atomic E-state index is 5.56. The summed E-state index contributed by atoms with van der Waals surface area (Å²) in [4.78, 5) is 10.9. The van der Waals surface area contributed by atoms with Crippen LogP contribution in [0.2, 0.25) is 0 Å². The number of rotatable bonds is 9. The molecule has 2 N–H and O–H groups in total. The van der Waals surface area contributed by atoms with Gasteiger partial charge >= 0.3 is 0 Å². The lowest BCUT2D eigenvalue weighted by molar-refractivity contribution is 0.0169. The highest BCUT2D eigenvalue weighted by atomic mass is 127. The molecule has 3 rings (SSSR count). The second kappa shape index (κ2) is 14.1. The number of benzene rings is 1. The van der Waals surface area contributed by atoms with Gasteiger partial charge in [0.05, 0.1) is 40.6 Å². The zero-order valence-corrected chi connectivity index (χ0v) is 22.0. The highest BCUT2D eigenvalue weighted by molar-refractivity contribution is 14.0. The second-order valence-corrected chi connectivity index (χ2v) is 7.29. The first-order valence-electron chi connectivity index (χ1n) is 10.7. The van der Waals surface area contributed by atoms with E-state index in [2.05, 4.69) is 31.6 Å². The lowest BCUT2D eigenvalue weighted by atomic mass is 10.0. The van der Waals surface area contributed by atoms with Crippen LogP contribution < -0.4 is 24.8 Å². The highest BCUT2D eigenvalue weighted by Gasteiger charge is 2.24. The number of pyridine rings is 1. The summed E-state index contributed by atoms with van der Waals surface area (Å²) in [5.74, 6) is 2.75. The molecule has 1 aromatic carbocycles. The van der Waals surface area contributed by atoms with Crippen LogP contribution in [0, 0.1) is 0 Å². The van der Waals surface area contributed by atoms with E-state index in [4.69, 9.17) is 18.9 Å². The van der Waals surface area contributed by atoms with Crippen molar-refractivity contribution >= 4 is 29.9 Å². The monoisotopic (exact) mass is 571 g/mol. The Bertz CT molecular complexity index is 893. The number of methoxy groups -OCH3 is 3. The molecule has 1 aliphatic heterocycles. The van der Waals surface area contributed by atoms with Gasteiger partial charge in [0.15, 0.2) is 17.5 Å². The average molecular weight is 571 g/mol. The number of aromatic nitrogens is 1. The molecule has 10 heteroatoms. The topological polar surface area (TPSA) is 89.5 Å². The molecule has 1 aromatic heterocycles. The fourth-order valence-electron chi connectivity index (χ4n) is 3.68. The molecule has 0 saturated carbocycles. The van der Waals surface area contributed by atoms with Crippen LogP contribution in [0.4, 0.5) is 0 Å². The van der Waals surface area contributed by atoms with Gasteiger partial charge in [-0.2, -0.15) is 0 Å². The Kier molecular flexibility index (Phi) is 11.5. The first kappa shape index (κ1) is 26.9. The zero-order chi connectivity index (χ0) is 22.8. The summed E-state index contributed by atoms with van der Waals surface area (Å²) in [5.41, 5.74) is 2.20. The maximum absolute atomic E-state index is 5.56. The second-order valence-electron chi connectivity index (χ2n) is 7.29. The SMILES string of the molecule is CN=C(NCc1ccnc(OC)c1)NCC(c1ccc(OC)c(OC)c1)N1CCOCC1.I. The van der Waals surface area contributed by atoms with E-state index in [-0.39, 0.29) is 30.0 Å². The molecule has 1 aliphatic rings. The van der Waals surface area contributed by atoms with Crippen molar-refractivity contribution in [1.82, 2.24) is 20.5 Å². The molecule has 2 aromatic rings. The Morgan fingerprint density at radius 2 is 1.82 bits per heavy atom. The van der Waals surface area contributed by atoms with Gasteiger partial charge in [-0.25, -0.2) is 4.98 Å². The summed E-state index contributed by atoms with van der Waals surface area (Å²) < 4.78 is 21.7. The highest BCUT2D eigenvalue weighted by Crippen LogP contribution is 2.32. The number of morpholine rings is 1. The third kappa shape index (κ3) is 7.61. The predicted octanol–water partition coefficient (Wildman–Crippen LogP) is 2.46. The first-order chi connectivity index (χ1) is 15.7. The first-order valence-corrected chi connectivity index (χ1v) is 10.7. The number of guanidine groups is 1. The van der Waals surface area contributed by atoms with E-state index in [1.54, 1.807) is 34.6 Å². The molecule has 1 unspecified atom stereocenters. The van der Waals surface area contributed by atoms with Crippen LogP contribution >= 0.6 is 24.0 Å². The van der Waals surface area contributed by atoms with Crippen molar-refractivity contribution in [2.45, 2.75) is 12.6 Å². The normalized spacial score (nSPS) is 15.2. The smallest absolute Gasteiger partial charge is 0.213 e. The summed E-state index contributed by atoms with van der Waals surface area (Å²) in [6.45, 7) is 4.46. The number of nitrogens with zero attached hydrogens (tertiary/aromatic N) is 3. The van der Waals surface area contributed by atoms with Crippen molar-refractivity contribution in [2.24, 2.45) is 4.99 Å². The lowest BCUT2D eigenvalue weighted by Gasteiger charge is -2.35. The van der Waals surface area contributed by atoms with E-state index < -0.39 is 0 Å². The number of hydrogen-bond donors (Lipinski definition) is 2. The molecule has 0 amide bonds. The molecular formula is C23H34IN5O4. The van der Waals surface area contributed by atoms with Gasteiger partial charge in [-0.1, -0.05) is 6.07 Å². The molecule has 1 saturated heterocycles. The minimum absolute atomic E-state index is 0. The molecule has 0 spiro atoms. The van der Waals surface area contributed by atoms with Crippen molar-refractivity contribution in [2.75, 3.05) is 61.2 Å². The van der Waals surface area contributed by atoms with Crippen LogP contribution in [-0.4, -0.2) is 77.1 Å². The average Bonchev–Trinajstić information content (AvgIpc) is 2.86. The van der Waals surface area contributed by atoms with E-state index in [0.717, 1.165) is 54.9 Å². The maximum Gasteiger partial charge on any atom is 0.213 e. The number of hydrogen-bond acceptors (Lipinski definition) is 7. The van der Waals surface area contributed by atoms with Gasteiger partial charge in [-0.15, -0.1) is 24.0 Å². The minimum atomic E-state index is 0. The van der Waals surface area contributed by atoms with Gasteiger partial charge in [0, 0.05) is 45.5 Å². The van der Waals surface area contributed by atoms with Crippen LogP contribution in [-0.2, 0) is 11.3 Å². The standard InChI is InChI=1S/C23H33N5O4.HI/c1-24-23(26-15-17-7-8-25-22(13-17)31-4)27-16-19(28-9-11-32-12-10-28)18-5-6-20(29-2)21(14-18)30-3;/h5-8,13-14,19H,9-12,15-16H2,1-4H3,(H2,24,26,27);1H. The zero-order valence-electron chi connectivity index (χ0n) is 19.7. The molecule has 1 fully saturated rings. The molecule has 182 valence electrons. The fraction of sp³-hybridized carbons (Fsp3) is 0.478. The Morgan fingerprint density at radius 1 is 1.06 bits per heavy atom. The van der Waals surface area contributed by atoms with Crippen LogP contribution in [0.1, 0.15) is 17.2 Å². The van der Waals surface area contributed by atoms with Crippen LogP contribution in [0.15, 0.2) is 41.5 Å². The number of aliphatic imine (C=N–C) groups is 1. The van der Waals surface area contributed by atoms with Gasteiger partial charge < -0.3 is 29.6 Å². The van der Waals surface area contributed by atoms with Crippen molar-refractivity contribution in [3.8, 4) is 17.4 Å². The largest absolute Gasteiger partial charge is 0.493 e. The Morgan fingerprint density at radius 3 is 2.48 bits per heavy atom. The number of halogens is 1. The van der Waals surface area contributed by atoms with Crippen LogP contribution in [0.3, 0.4) is 0 Å². The third-order valence-electron chi connectivity index (χ3n) is 5.43. The van der Waals surface area contributed by atoms with E-state index in [1.165, 1.54) is 0 Å². The summed E-state index contributed by atoms with van der Waals surface area (Å²) in [5, 5.41) is 6.82. The molecule has 0 aliphatic carbocycles. The molecular weight excluding hydrogens is 537 g/mol. The van der Waals surface area contributed by atoms with E-state index in [9.17, 15) is 0 Å². The lowest BCUT2D eigenvalue weighted by Crippen LogP contribution is -2.46. The van der Waals surface area contributed by atoms with Gasteiger partial charge in [-0.3, -0.25) is 9.89 Å². The van der Waals surface area contributed by atoms with Crippen molar-refractivity contribution < 1.29 is 18.9 Å². The van der Waals surface area contributed by atoms with Crippen LogP contribution in [0.5, 0.6) is 17.4 Å². The van der Waals surface area contributed by atoms with Crippen LogP contribution in [0.25, 0.3) is 0 Å². The minimum Gasteiger partial charge on any atom is -0.493 e. The molecule has 9 nitrogen and oxygen atoms in total. The third-order valence-corrected chi connectivity index (χ3v) is 5.43. The Hall–Kier alpha value is -2.31. The van der Waals surface area contributed by atoms with Gasteiger partial charge in [0.1, 0.15) is 0 Å². The van der Waals surface area contributed by atoms with Crippen molar-refractivity contribution in [3.05, 3.63) is 47.7 Å². The summed E-state index contributed by atoms with van der Waals surface area (Å²) in [6.07, 6.45) is 1.73. The quantitative estimate of drug-likeness (QED) is 0.270. The Labute approximate surface area is 212 Å². The molecule has 33 heavy (non-hydrogen) atoms. The van der Waals surface area contributed by atoms with Gasteiger partial charge in [-0.05, 0) is 29.3 Å². The Balaban J connectivity index is 0.00000385. The van der Waals surface area contributed by atoms with Crippen molar-refractivity contribution in [3.63, 3.8) is 0 Å². The number of ether oxygens (including phenoxy) is 4. The van der Waals surface area contributed by atoms with Gasteiger partial charge in [0.25, 0.3) is 0 Å². The fourth-order valence-corrected chi connectivity index (χ4v) is 3.68. The molecule has 0 radical (unpaired) electrons. The summed E-state index contributed by atoms with van der Waals surface area (Å²) in [7, 11) is 6.68. The van der Waals surface area contributed by atoms with Gasteiger partial charge in [0.2, 0.25) is 5.88 Å². The summed E-state index contributed by atoms with van der Waals surface area (Å²) >= 11 is 0.